The summed E-state index contributed by atoms with van der Waals surface area (Å²) in [6.07, 6.45) is 1.94. The first kappa shape index (κ1) is 12.8. The molecule has 1 aromatic carbocycles. The van der Waals surface area contributed by atoms with Crippen LogP contribution in [0, 0.1) is 6.92 Å². The second kappa shape index (κ2) is 5.78. The van der Waals surface area contributed by atoms with Gasteiger partial charge in [0.25, 0.3) is 0 Å². The Morgan fingerprint density at radius 2 is 2.00 bits per heavy atom. The molecule has 0 bridgehead atoms. The minimum absolute atomic E-state index is 0.651. The molecule has 2 N–H and O–H groups in total. The fraction of sp³-hybridized carbons (Fsp3) is 0.429. The first-order valence-electron chi connectivity index (χ1n) is 6.46. The molecule has 2 rings (SSSR count). The van der Waals surface area contributed by atoms with E-state index in [-0.39, 0.29) is 0 Å². The number of benzene rings is 1. The molecule has 1 heterocycles. The normalized spacial score (nSPS) is 10.8. The molecule has 2 aromatic rings. The Hall–Kier alpha value is -1.68. The molecule has 0 saturated carbocycles. The van der Waals surface area contributed by atoms with Crippen LogP contribution >= 0.6 is 0 Å². The van der Waals surface area contributed by atoms with Gasteiger partial charge in [-0.3, -0.25) is 0 Å². The third-order valence-corrected chi connectivity index (χ3v) is 3.05. The van der Waals surface area contributed by atoms with Gasteiger partial charge in [-0.25, -0.2) is 0 Å². The van der Waals surface area contributed by atoms with Gasteiger partial charge in [0, 0.05) is 12.1 Å². The van der Waals surface area contributed by atoms with Gasteiger partial charge in [0.1, 0.15) is 5.82 Å². The summed E-state index contributed by atoms with van der Waals surface area (Å²) in [5, 5.41) is 8.51. The maximum atomic E-state index is 5.67. The summed E-state index contributed by atoms with van der Waals surface area (Å²) in [6.45, 7) is 5.76. The molecule has 0 spiro atoms. The third-order valence-electron chi connectivity index (χ3n) is 3.05. The van der Waals surface area contributed by atoms with Crippen molar-refractivity contribution in [3.8, 4) is 11.4 Å². The minimum Gasteiger partial charge on any atom is -0.330 e. The lowest BCUT2D eigenvalue weighted by Crippen LogP contribution is -2.07. The van der Waals surface area contributed by atoms with Gasteiger partial charge in [-0.15, -0.1) is 10.2 Å². The predicted molar refractivity (Wildman–Crippen MR) is 73.2 cm³/mol. The molecule has 0 radical (unpaired) electrons. The van der Waals surface area contributed by atoms with Crippen LogP contribution in [0.1, 0.15) is 24.7 Å². The summed E-state index contributed by atoms with van der Waals surface area (Å²) in [4.78, 5) is 0. The summed E-state index contributed by atoms with van der Waals surface area (Å²) in [5.74, 6) is 1.92. The Labute approximate surface area is 108 Å². The van der Waals surface area contributed by atoms with Crippen LogP contribution in [0.5, 0.6) is 0 Å². The highest BCUT2D eigenvalue weighted by molar-refractivity contribution is 5.60. The van der Waals surface area contributed by atoms with Gasteiger partial charge in [0.15, 0.2) is 5.82 Å². The number of rotatable bonds is 5. The molecule has 0 unspecified atom stereocenters. The van der Waals surface area contributed by atoms with E-state index in [1.54, 1.807) is 0 Å². The Morgan fingerprint density at radius 3 is 2.72 bits per heavy atom. The van der Waals surface area contributed by atoms with Crippen LogP contribution in [-0.2, 0) is 13.0 Å². The summed E-state index contributed by atoms with van der Waals surface area (Å²) >= 11 is 0. The molecule has 0 amide bonds. The molecule has 96 valence electrons. The highest BCUT2D eigenvalue weighted by Crippen LogP contribution is 2.23. The van der Waals surface area contributed by atoms with E-state index in [9.17, 15) is 0 Å². The van der Waals surface area contributed by atoms with Crippen LogP contribution in [0.2, 0.25) is 0 Å². The third kappa shape index (κ3) is 2.43. The zero-order valence-electron chi connectivity index (χ0n) is 11.1. The fourth-order valence-electron chi connectivity index (χ4n) is 2.18. The number of nitrogens with zero attached hydrogens (tertiary/aromatic N) is 3. The molecule has 0 atom stereocenters. The highest BCUT2D eigenvalue weighted by atomic mass is 15.3. The van der Waals surface area contributed by atoms with Crippen molar-refractivity contribution >= 4 is 0 Å². The lowest BCUT2D eigenvalue weighted by atomic mass is 10.0. The molecule has 0 fully saturated rings. The van der Waals surface area contributed by atoms with E-state index < -0.39 is 0 Å². The molecular weight excluding hydrogens is 224 g/mol. The fourth-order valence-corrected chi connectivity index (χ4v) is 2.18. The topological polar surface area (TPSA) is 56.7 Å². The molecule has 1 aromatic heterocycles. The van der Waals surface area contributed by atoms with E-state index in [1.165, 1.54) is 5.56 Å². The van der Waals surface area contributed by atoms with Crippen molar-refractivity contribution in [1.29, 1.82) is 0 Å². The van der Waals surface area contributed by atoms with Gasteiger partial charge >= 0.3 is 0 Å². The number of nitrogens with two attached hydrogens (primary N) is 1. The highest BCUT2D eigenvalue weighted by Gasteiger charge is 2.13. The van der Waals surface area contributed by atoms with Gasteiger partial charge in [-0.05, 0) is 31.9 Å². The first-order chi connectivity index (χ1) is 8.77. The van der Waals surface area contributed by atoms with Gasteiger partial charge < -0.3 is 10.3 Å². The number of aromatic nitrogens is 3. The number of hydrogen-bond acceptors (Lipinski definition) is 3. The quantitative estimate of drug-likeness (QED) is 0.877. The molecular formula is C14H20N4. The predicted octanol–water partition coefficient (Wildman–Crippen LogP) is 2.16. The largest absolute Gasteiger partial charge is 0.330 e. The molecule has 0 aliphatic rings. The SMILES string of the molecule is CCCn1c(C)nnc1-c1ccccc1CCN. The Kier molecular flexibility index (Phi) is 4.10. The van der Waals surface area contributed by atoms with E-state index >= 15 is 0 Å². The van der Waals surface area contributed by atoms with E-state index in [0.29, 0.717) is 6.54 Å². The van der Waals surface area contributed by atoms with Gasteiger partial charge in [-0.1, -0.05) is 31.2 Å². The van der Waals surface area contributed by atoms with Gasteiger partial charge in [0.05, 0.1) is 0 Å². The lowest BCUT2D eigenvalue weighted by Gasteiger charge is -2.10. The monoisotopic (exact) mass is 244 g/mol. The van der Waals surface area contributed by atoms with Crippen molar-refractivity contribution in [2.45, 2.75) is 33.2 Å². The van der Waals surface area contributed by atoms with Crippen LogP contribution < -0.4 is 5.73 Å². The zero-order valence-corrected chi connectivity index (χ0v) is 11.1. The maximum absolute atomic E-state index is 5.67. The Bertz CT molecular complexity index is 516. The molecule has 0 aliphatic heterocycles. The molecule has 0 saturated heterocycles. The second-order valence-electron chi connectivity index (χ2n) is 4.42. The maximum Gasteiger partial charge on any atom is 0.164 e. The summed E-state index contributed by atoms with van der Waals surface area (Å²) in [7, 11) is 0. The van der Waals surface area contributed by atoms with E-state index in [0.717, 1.165) is 36.6 Å². The van der Waals surface area contributed by atoms with Crippen molar-refractivity contribution in [2.24, 2.45) is 5.73 Å². The molecule has 4 heteroatoms. The van der Waals surface area contributed by atoms with Crippen molar-refractivity contribution < 1.29 is 0 Å². The lowest BCUT2D eigenvalue weighted by molar-refractivity contribution is 0.662. The average Bonchev–Trinajstić information content (AvgIpc) is 2.73. The van der Waals surface area contributed by atoms with Crippen LogP contribution in [0.15, 0.2) is 24.3 Å². The van der Waals surface area contributed by atoms with Crippen molar-refractivity contribution in [1.82, 2.24) is 14.8 Å². The standard InChI is InChI=1S/C14H20N4/c1-3-10-18-11(2)16-17-14(18)13-7-5-4-6-12(13)8-9-15/h4-7H,3,8-10,15H2,1-2H3. The number of hydrogen-bond donors (Lipinski definition) is 1. The summed E-state index contributed by atoms with van der Waals surface area (Å²) in [5.41, 5.74) is 8.06. The first-order valence-corrected chi connectivity index (χ1v) is 6.46. The summed E-state index contributed by atoms with van der Waals surface area (Å²) < 4.78 is 2.18. The van der Waals surface area contributed by atoms with E-state index in [1.807, 2.05) is 19.1 Å². The van der Waals surface area contributed by atoms with Gasteiger partial charge in [0.2, 0.25) is 0 Å². The summed E-state index contributed by atoms with van der Waals surface area (Å²) in [6, 6.07) is 8.29. The smallest absolute Gasteiger partial charge is 0.164 e. The van der Waals surface area contributed by atoms with E-state index in [4.69, 9.17) is 5.73 Å². The zero-order chi connectivity index (χ0) is 13.0. The van der Waals surface area contributed by atoms with Crippen molar-refractivity contribution in [3.05, 3.63) is 35.7 Å². The van der Waals surface area contributed by atoms with Crippen LogP contribution in [-0.4, -0.2) is 21.3 Å². The van der Waals surface area contributed by atoms with Gasteiger partial charge in [-0.2, -0.15) is 0 Å². The number of aryl methyl sites for hydroxylation is 1. The van der Waals surface area contributed by atoms with Crippen LogP contribution in [0.25, 0.3) is 11.4 Å². The molecule has 18 heavy (non-hydrogen) atoms. The van der Waals surface area contributed by atoms with Crippen LogP contribution in [0.3, 0.4) is 0 Å². The second-order valence-corrected chi connectivity index (χ2v) is 4.42. The minimum atomic E-state index is 0.651. The average molecular weight is 244 g/mol. The van der Waals surface area contributed by atoms with Crippen LogP contribution in [0.4, 0.5) is 0 Å². The molecule has 0 aliphatic carbocycles. The Balaban J connectivity index is 2.48. The van der Waals surface area contributed by atoms with Crippen molar-refractivity contribution in [2.75, 3.05) is 6.54 Å². The Morgan fingerprint density at radius 1 is 1.22 bits per heavy atom. The van der Waals surface area contributed by atoms with Crippen molar-refractivity contribution in [3.63, 3.8) is 0 Å². The molecule has 4 nitrogen and oxygen atoms in total. The van der Waals surface area contributed by atoms with E-state index in [2.05, 4.69) is 33.8 Å².